The molecule has 0 saturated carbocycles. The molecule has 7 rings (SSSR count). The maximum Gasteiger partial charge on any atom is 0.187 e. The molecule has 3 N–H and O–H groups in total. The van der Waals surface area contributed by atoms with Crippen molar-refractivity contribution in [3.8, 4) is 17.2 Å². The number of hydrogen-bond donors (Lipinski definition) is 3. The van der Waals surface area contributed by atoms with Crippen molar-refractivity contribution in [1.82, 2.24) is 9.80 Å². The highest BCUT2D eigenvalue weighted by atomic mass is 79.9. The summed E-state index contributed by atoms with van der Waals surface area (Å²) >= 11 is 10.1. The molecule has 0 aliphatic carbocycles. The molecule has 288 valence electrons. The number of carbonyl (C=O) groups is 3. The average molecular weight is 946 g/mol. The average Bonchev–Trinajstić information content (AvgIpc) is 3.18. The van der Waals surface area contributed by atoms with Crippen molar-refractivity contribution < 1.29 is 29.7 Å². The number of phenols is 3. The predicted octanol–water partition coefficient (Wildman–Crippen LogP) is 9.99. The van der Waals surface area contributed by atoms with E-state index in [-0.39, 0.29) is 23.0 Å². The topological polar surface area (TPSA) is 118 Å². The molecule has 8 nitrogen and oxygen atoms in total. The molecule has 0 bridgehead atoms. The van der Waals surface area contributed by atoms with Gasteiger partial charge in [-0.15, -0.1) is 0 Å². The van der Waals surface area contributed by atoms with Crippen molar-refractivity contribution in [1.29, 1.82) is 0 Å². The monoisotopic (exact) mass is 942 g/mol. The number of rotatable bonds is 7. The fourth-order valence-electron chi connectivity index (χ4n) is 6.12. The van der Waals surface area contributed by atoms with Crippen LogP contribution in [-0.4, -0.2) is 69.2 Å². The Morgan fingerprint density at radius 2 is 0.929 bits per heavy atom. The molecule has 56 heavy (non-hydrogen) atoms. The van der Waals surface area contributed by atoms with Crippen LogP contribution in [0.25, 0.3) is 12.2 Å². The molecule has 5 aromatic rings. The van der Waals surface area contributed by atoms with Gasteiger partial charge in [-0.05, 0) is 92.8 Å². The standard InChI is InChI=1S/C26H21Br2NO3.C12H15NO.C7H5BrO2/c27-24-12-22(30)8-6-18(24)10-20-15-29(14-17-4-2-1-3-5-17)16-21(26(20)32)11-19-7-9-23(31)13-25(19)28;14-12-6-8-13(9-7-12)10-11-4-2-1-3-5-11;8-7-3-6(10)2-1-5(7)4-9/h1-13,30-31H,14-16H2;1-5H,6-10H2;1-4,10H/b20-10+,21-11+;;. The van der Waals surface area contributed by atoms with Crippen LogP contribution in [0.3, 0.4) is 0 Å². The van der Waals surface area contributed by atoms with E-state index in [1.807, 2.05) is 36.4 Å². The Balaban J connectivity index is 0.000000203. The third kappa shape index (κ3) is 13.0. The zero-order valence-electron chi connectivity index (χ0n) is 30.5. The number of benzene rings is 5. The molecule has 0 atom stereocenters. The maximum absolute atomic E-state index is 13.4. The second kappa shape index (κ2) is 21.0. The Hall–Kier alpha value is -4.65. The van der Waals surface area contributed by atoms with Crippen LogP contribution in [0, 0.1) is 0 Å². The van der Waals surface area contributed by atoms with Crippen LogP contribution in [0.4, 0.5) is 0 Å². The van der Waals surface area contributed by atoms with Gasteiger partial charge in [0, 0.05) is 82.2 Å². The second-order valence-electron chi connectivity index (χ2n) is 13.3. The van der Waals surface area contributed by atoms with E-state index in [9.17, 15) is 24.6 Å². The maximum atomic E-state index is 13.4. The smallest absolute Gasteiger partial charge is 0.187 e. The summed E-state index contributed by atoms with van der Waals surface area (Å²) in [5, 5.41) is 28.3. The lowest BCUT2D eigenvalue weighted by Crippen LogP contribution is -2.37. The molecule has 2 heterocycles. The molecule has 0 amide bonds. The van der Waals surface area contributed by atoms with Crippen LogP contribution in [0.2, 0.25) is 0 Å². The number of phenolic OH excluding ortho intramolecular Hbond substituents is 3. The van der Waals surface area contributed by atoms with Gasteiger partial charge in [-0.2, -0.15) is 0 Å². The first-order valence-corrected chi connectivity index (χ1v) is 20.3. The lowest BCUT2D eigenvalue weighted by molar-refractivity contribution is -0.121. The number of carbonyl (C=O) groups excluding carboxylic acids is 3. The zero-order valence-corrected chi connectivity index (χ0v) is 35.2. The van der Waals surface area contributed by atoms with Crippen molar-refractivity contribution in [2.75, 3.05) is 26.2 Å². The van der Waals surface area contributed by atoms with E-state index in [1.165, 1.54) is 23.3 Å². The highest BCUT2D eigenvalue weighted by Crippen LogP contribution is 2.30. The molecule has 0 spiro atoms. The number of ketones is 2. The molecular weight excluding hydrogens is 904 g/mol. The van der Waals surface area contributed by atoms with Crippen molar-refractivity contribution in [2.24, 2.45) is 0 Å². The molecule has 2 aliphatic heterocycles. The third-order valence-electron chi connectivity index (χ3n) is 9.02. The summed E-state index contributed by atoms with van der Waals surface area (Å²) < 4.78 is 2.07. The van der Waals surface area contributed by atoms with E-state index in [0.717, 1.165) is 65.4 Å². The third-order valence-corrected chi connectivity index (χ3v) is 11.1. The van der Waals surface area contributed by atoms with Crippen molar-refractivity contribution in [3.05, 3.63) is 168 Å². The lowest BCUT2D eigenvalue weighted by Gasteiger charge is -2.30. The summed E-state index contributed by atoms with van der Waals surface area (Å²) in [6.07, 6.45) is 5.94. The molecule has 5 aromatic carbocycles. The SMILES string of the molecule is O=C1/C(=C/c2ccc(O)cc2Br)CN(Cc2ccccc2)C/C1=C\c1ccc(O)cc1Br.O=C1CCN(Cc2ccccc2)CC1.O=Cc1ccc(O)cc1Br. The van der Waals surface area contributed by atoms with E-state index >= 15 is 0 Å². The highest BCUT2D eigenvalue weighted by Gasteiger charge is 2.27. The van der Waals surface area contributed by atoms with Crippen molar-refractivity contribution >= 4 is 77.8 Å². The largest absolute Gasteiger partial charge is 0.508 e. The van der Waals surface area contributed by atoms with Crippen LogP contribution in [0.1, 0.15) is 45.5 Å². The number of halogens is 3. The molecular formula is C45H41Br3N2O6. The highest BCUT2D eigenvalue weighted by molar-refractivity contribution is 9.11. The Labute approximate surface area is 352 Å². The molecule has 0 radical (unpaired) electrons. The van der Waals surface area contributed by atoms with Crippen LogP contribution >= 0.6 is 47.8 Å². The van der Waals surface area contributed by atoms with E-state index < -0.39 is 0 Å². The number of aldehydes is 1. The first-order valence-electron chi connectivity index (χ1n) is 17.9. The number of Topliss-reactive ketones (excluding diaryl/α,β-unsaturated/α-hetero) is 2. The normalized spacial score (nSPS) is 16.1. The molecule has 11 heteroatoms. The molecule has 2 fully saturated rings. The molecule has 2 aliphatic rings. The zero-order chi connectivity index (χ0) is 40.0. The second-order valence-corrected chi connectivity index (χ2v) is 15.9. The van der Waals surface area contributed by atoms with Gasteiger partial charge in [-0.3, -0.25) is 24.2 Å². The van der Waals surface area contributed by atoms with Crippen LogP contribution < -0.4 is 0 Å². The minimum absolute atomic E-state index is 0.00531. The van der Waals surface area contributed by atoms with Gasteiger partial charge in [0.1, 0.15) is 23.0 Å². The van der Waals surface area contributed by atoms with Gasteiger partial charge in [-0.1, -0.05) is 105 Å². The molecule has 0 aromatic heterocycles. The van der Waals surface area contributed by atoms with Gasteiger partial charge < -0.3 is 15.3 Å². The van der Waals surface area contributed by atoms with Gasteiger partial charge in [0.15, 0.2) is 12.1 Å². The summed E-state index contributed by atoms with van der Waals surface area (Å²) in [6.45, 7) is 4.59. The predicted molar refractivity (Wildman–Crippen MR) is 231 cm³/mol. The fourth-order valence-corrected chi connectivity index (χ4v) is 7.54. The Morgan fingerprint density at radius 1 is 0.536 bits per heavy atom. The van der Waals surface area contributed by atoms with E-state index in [1.54, 1.807) is 42.5 Å². The first kappa shape index (κ1) is 42.5. The van der Waals surface area contributed by atoms with Crippen molar-refractivity contribution in [2.45, 2.75) is 25.9 Å². The minimum atomic E-state index is -0.00531. The number of likely N-dealkylation sites (tertiary alicyclic amines) is 2. The van der Waals surface area contributed by atoms with Crippen LogP contribution in [-0.2, 0) is 22.7 Å². The summed E-state index contributed by atoms with van der Waals surface area (Å²) in [7, 11) is 0. The van der Waals surface area contributed by atoms with Crippen LogP contribution in [0.15, 0.2) is 140 Å². The Morgan fingerprint density at radius 3 is 1.32 bits per heavy atom. The van der Waals surface area contributed by atoms with Gasteiger partial charge in [-0.25, -0.2) is 0 Å². The summed E-state index contributed by atoms with van der Waals surface area (Å²) in [5.41, 5.74) is 6.08. The number of aromatic hydroxyl groups is 3. The Bertz CT molecular complexity index is 2130. The van der Waals surface area contributed by atoms with Gasteiger partial charge in [0.2, 0.25) is 0 Å². The quantitative estimate of drug-likeness (QED) is 0.109. The van der Waals surface area contributed by atoms with E-state index in [2.05, 4.69) is 94.0 Å². The molecule has 2 saturated heterocycles. The van der Waals surface area contributed by atoms with Gasteiger partial charge >= 0.3 is 0 Å². The summed E-state index contributed by atoms with van der Waals surface area (Å²) in [4.78, 5) is 39.2. The van der Waals surface area contributed by atoms with E-state index in [4.69, 9.17) is 5.11 Å². The summed E-state index contributed by atoms with van der Waals surface area (Å²) in [6, 6.07) is 35.1. The summed E-state index contributed by atoms with van der Waals surface area (Å²) in [5.74, 6) is 0.885. The van der Waals surface area contributed by atoms with Crippen LogP contribution in [0.5, 0.6) is 17.2 Å². The fraction of sp³-hybridized carbons (Fsp3) is 0.178. The first-order chi connectivity index (χ1) is 27.0. The van der Waals surface area contributed by atoms with Gasteiger partial charge in [0.05, 0.1) is 0 Å². The lowest BCUT2D eigenvalue weighted by atomic mass is 9.94. The number of hydrogen-bond acceptors (Lipinski definition) is 8. The number of piperidine rings is 2. The Kier molecular flexibility index (Phi) is 16.0. The number of nitrogens with zero attached hydrogens (tertiary/aromatic N) is 2. The molecule has 0 unspecified atom stereocenters. The van der Waals surface area contributed by atoms with E-state index in [0.29, 0.717) is 40.1 Å². The van der Waals surface area contributed by atoms with Crippen molar-refractivity contribution in [3.63, 3.8) is 0 Å². The van der Waals surface area contributed by atoms with Gasteiger partial charge in [0.25, 0.3) is 0 Å². The minimum Gasteiger partial charge on any atom is -0.508 e.